The van der Waals surface area contributed by atoms with Crippen LogP contribution in [0.2, 0.25) is 0 Å². The van der Waals surface area contributed by atoms with Gasteiger partial charge in [0.2, 0.25) is 0 Å². The van der Waals surface area contributed by atoms with Gasteiger partial charge in [0.15, 0.2) is 5.78 Å². The summed E-state index contributed by atoms with van der Waals surface area (Å²) in [7, 11) is 0. The molecule has 3 heteroatoms. The van der Waals surface area contributed by atoms with Crippen LogP contribution in [0.25, 0.3) is 0 Å². The second-order valence-corrected chi connectivity index (χ2v) is 4.53. The second-order valence-electron chi connectivity index (χ2n) is 3.63. The smallest absolute Gasteiger partial charge is 0.180 e. The van der Waals surface area contributed by atoms with E-state index < -0.39 is 5.38 Å². The van der Waals surface area contributed by atoms with E-state index in [1.54, 1.807) is 0 Å². The van der Waals surface area contributed by atoms with Gasteiger partial charge in [-0.05, 0) is 31.9 Å². The van der Waals surface area contributed by atoms with Crippen LogP contribution in [0.15, 0.2) is 18.2 Å². The fourth-order valence-corrected chi connectivity index (χ4v) is 1.95. The summed E-state index contributed by atoms with van der Waals surface area (Å²) in [5.74, 6) is 0.378. The quantitative estimate of drug-likeness (QED) is 0.583. The fourth-order valence-electron chi connectivity index (χ4n) is 1.40. The topological polar surface area (TPSA) is 17.1 Å². The number of rotatable bonds is 4. The van der Waals surface area contributed by atoms with Gasteiger partial charge < -0.3 is 0 Å². The molecule has 1 rings (SSSR count). The standard InChI is InChI=1S/C12H14Cl2O/c1-8-3-4-9(2)10(7-8)12(15)11(14)5-6-13/h3-4,7,11H,5-6H2,1-2H3. The minimum Gasteiger partial charge on any atom is -0.292 e. The molecule has 0 aliphatic carbocycles. The van der Waals surface area contributed by atoms with Gasteiger partial charge in [-0.25, -0.2) is 0 Å². The number of aryl methyl sites for hydroxylation is 2. The van der Waals surface area contributed by atoms with E-state index in [9.17, 15) is 4.79 Å². The van der Waals surface area contributed by atoms with E-state index in [0.717, 1.165) is 11.1 Å². The number of halogens is 2. The van der Waals surface area contributed by atoms with E-state index >= 15 is 0 Å². The Bertz CT molecular complexity index is 361. The summed E-state index contributed by atoms with van der Waals surface area (Å²) in [5.41, 5.74) is 2.74. The molecule has 0 aromatic heterocycles. The Labute approximate surface area is 100 Å². The second kappa shape index (κ2) is 5.53. The Morgan fingerprint density at radius 1 is 1.40 bits per heavy atom. The molecule has 1 aromatic carbocycles. The molecule has 0 aliphatic rings. The number of carbonyl (C=O) groups excluding carboxylic acids is 1. The van der Waals surface area contributed by atoms with Crippen molar-refractivity contribution >= 4 is 29.0 Å². The Hall–Kier alpha value is -0.530. The molecule has 1 nitrogen and oxygen atoms in total. The van der Waals surface area contributed by atoms with Crippen molar-refractivity contribution in [1.29, 1.82) is 0 Å². The maximum Gasteiger partial charge on any atom is 0.180 e. The van der Waals surface area contributed by atoms with E-state index in [0.29, 0.717) is 17.9 Å². The molecule has 0 saturated carbocycles. The first-order valence-electron chi connectivity index (χ1n) is 4.87. The van der Waals surface area contributed by atoms with Crippen LogP contribution in [0.5, 0.6) is 0 Å². The minimum absolute atomic E-state index is 0.0292. The molecule has 0 radical (unpaired) electrons. The summed E-state index contributed by atoms with van der Waals surface area (Å²) in [5, 5.41) is -0.511. The lowest BCUT2D eigenvalue weighted by Crippen LogP contribution is -2.16. The predicted molar refractivity (Wildman–Crippen MR) is 65.2 cm³/mol. The highest BCUT2D eigenvalue weighted by atomic mass is 35.5. The maximum atomic E-state index is 11.9. The van der Waals surface area contributed by atoms with Gasteiger partial charge in [-0.15, -0.1) is 23.2 Å². The molecule has 0 heterocycles. The number of ketones is 1. The molecule has 0 amide bonds. The van der Waals surface area contributed by atoms with Crippen LogP contribution < -0.4 is 0 Å². The first-order chi connectivity index (χ1) is 7.06. The van der Waals surface area contributed by atoms with Gasteiger partial charge >= 0.3 is 0 Å². The summed E-state index contributed by atoms with van der Waals surface area (Å²) in [6.45, 7) is 3.87. The van der Waals surface area contributed by atoms with Crippen LogP contribution in [-0.4, -0.2) is 17.0 Å². The highest BCUT2D eigenvalue weighted by Crippen LogP contribution is 2.17. The summed E-state index contributed by atoms with van der Waals surface area (Å²) in [4.78, 5) is 11.9. The Balaban J connectivity index is 2.95. The van der Waals surface area contributed by atoms with Gasteiger partial charge in [-0.2, -0.15) is 0 Å². The zero-order valence-corrected chi connectivity index (χ0v) is 10.4. The van der Waals surface area contributed by atoms with E-state index in [4.69, 9.17) is 23.2 Å². The molecular formula is C12H14Cl2O. The van der Waals surface area contributed by atoms with Crippen molar-refractivity contribution in [2.75, 3.05) is 5.88 Å². The van der Waals surface area contributed by atoms with E-state index in [-0.39, 0.29) is 5.78 Å². The van der Waals surface area contributed by atoms with Gasteiger partial charge in [-0.1, -0.05) is 17.7 Å². The van der Waals surface area contributed by atoms with Crippen molar-refractivity contribution in [2.24, 2.45) is 0 Å². The third-order valence-corrected chi connectivity index (χ3v) is 2.94. The normalized spacial score (nSPS) is 12.5. The molecule has 82 valence electrons. The number of alkyl halides is 2. The van der Waals surface area contributed by atoms with Crippen molar-refractivity contribution in [1.82, 2.24) is 0 Å². The average Bonchev–Trinajstić information content (AvgIpc) is 2.21. The number of Topliss-reactive ketones (excluding diaryl/α,β-unsaturated/α-hetero) is 1. The molecule has 1 unspecified atom stereocenters. The average molecular weight is 245 g/mol. The molecule has 0 fully saturated rings. The number of carbonyl (C=O) groups is 1. The summed E-state index contributed by atoms with van der Waals surface area (Å²) >= 11 is 11.5. The molecule has 0 spiro atoms. The Morgan fingerprint density at radius 3 is 2.67 bits per heavy atom. The fraction of sp³-hybridized carbons (Fsp3) is 0.417. The molecule has 0 saturated heterocycles. The monoisotopic (exact) mass is 244 g/mol. The third kappa shape index (κ3) is 3.22. The van der Waals surface area contributed by atoms with Crippen molar-refractivity contribution in [3.63, 3.8) is 0 Å². The van der Waals surface area contributed by atoms with Gasteiger partial charge in [0.1, 0.15) is 0 Å². The van der Waals surface area contributed by atoms with Crippen LogP contribution in [0.1, 0.15) is 27.9 Å². The molecule has 0 aliphatic heterocycles. The number of hydrogen-bond donors (Lipinski definition) is 0. The first kappa shape index (κ1) is 12.5. The highest BCUT2D eigenvalue weighted by molar-refractivity contribution is 6.34. The van der Waals surface area contributed by atoms with Crippen LogP contribution in [0.3, 0.4) is 0 Å². The molecule has 1 atom stereocenters. The Kier molecular flexibility index (Phi) is 4.62. The van der Waals surface area contributed by atoms with Crippen molar-refractivity contribution in [3.8, 4) is 0 Å². The summed E-state index contributed by atoms with van der Waals surface area (Å²) < 4.78 is 0. The lowest BCUT2D eigenvalue weighted by atomic mass is 9.99. The van der Waals surface area contributed by atoms with E-state index in [1.807, 2.05) is 32.0 Å². The highest BCUT2D eigenvalue weighted by Gasteiger charge is 2.18. The van der Waals surface area contributed by atoms with E-state index in [2.05, 4.69) is 0 Å². The molecule has 0 bridgehead atoms. The van der Waals surface area contributed by atoms with Gasteiger partial charge in [0, 0.05) is 11.4 Å². The molecular weight excluding hydrogens is 231 g/mol. The van der Waals surface area contributed by atoms with Gasteiger partial charge in [0.25, 0.3) is 0 Å². The Morgan fingerprint density at radius 2 is 2.07 bits per heavy atom. The zero-order valence-electron chi connectivity index (χ0n) is 8.89. The lowest BCUT2D eigenvalue weighted by molar-refractivity contribution is 0.0985. The zero-order chi connectivity index (χ0) is 11.4. The van der Waals surface area contributed by atoms with Gasteiger partial charge in [0.05, 0.1) is 5.38 Å². The summed E-state index contributed by atoms with van der Waals surface area (Å²) in [6.07, 6.45) is 0.509. The SMILES string of the molecule is Cc1ccc(C)c(C(=O)C(Cl)CCCl)c1. The first-order valence-corrected chi connectivity index (χ1v) is 5.85. The van der Waals surface area contributed by atoms with Gasteiger partial charge in [-0.3, -0.25) is 4.79 Å². The lowest BCUT2D eigenvalue weighted by Gasteiger charge is -2.09. The molecule has 15 heavy (non-hydrogen) atoms. The van der Waals surface area contributed by atoms with Crippen LogP contribution in [0, 0.1) is 13.8 Å². The van der Waals surface area contributed by atoms with Crippen LogP contribution >= 0.6 is 23.2 Å². The summed E-state index contributed by atoms with van der Waals surface area (Å²) in [6, 6.07) is 5.80. The maximum absolute atomic E-state index is 11.9. The van der Waals surface area contributed by atoms with Crippen molar-refractivity contribution < 1.29 is 4.79 Å². The molecule has 1 aromatic rings. The minimum atomic E-state index is -0.511. The number of hydrogen-bond acceptors (Lipinski definition) is 1. The van der Waals surface area contributed by atoms with Crippen LogP contribution in [0.4, 0.5) is 0 Å². The predicted octanol–water partition coefficient (Wildman–Crippen LogP) is 3.72. The number of benzene rings is 1. The largest absolute Gasteiger partial charge is 0.292 e. The van der Waals surface area contributed by atoms with Crippen LogP contribution in [-0.2, 0) is 0 Å². The molecule has 0 N–H and O–H groups in total. The third-order valence-electron chi connectivity index (χ3n) is 2.31. The van der Waals surface area contributed by atoms with E-state index in [1.165, 1.54) is 0 Å². The van der Waals surface area contributed by atoms with Crippen molar-refractivity contribution in [3.05, 3.63) is 34.9 Å². The van der Waals surface area contributed by atoms with Crippen molar-refractivity contribution in [2.45, 2.75) is 25.6 Å².